The number of amides is 1. The first kappa shape index (κ1) is 11.6. The summed E-state index contributed by atoms with van der Waals surface area (Å²) in [6.07, 6.45) is 1.65. The molecule has 0 aliphatic carbocycles. The lowest BCUT2D eigenvalue weighted by Crippen LogP contribution is -2.28. The smallest absolute Gasteiger partial charge is 0.329 e. The number of ether oxygens (including phenoxy) is 1. The predicted octanol–water partition coefficient (Wildman–Crippen LogP) is -0.139. The van der Waals surface area contributed by atoms with Gasteiger partial charge in [0.15, 0.2) is 0 Å². The molecule has 0 unspecified atom stereocenters. The van der Waals surface area contributed by atoms with E-state index in [2.05, 4.69) is 15.0 Å². The molecule has 0 aromatic carbocycles. The van der Waals surface area contributed by atoms with Crippen molar-refractivity contribution in [3.05, 3.63) is 16.6 Å². The Bertz CT molecular complexity index is 325. The van der Waals surface area contributed by atoms with Crippen molar-refractivity contribution in [2.45, 2.75) is 6.54 Å². The Morgan fingerprint density at radius 3 is 2.93 bits per heavy atom. The van der Waals surface area contributed by atoms with Gasteiger partial charge in [0.2, 0.25) is 5.91 Å². The molecule has 0 saturated heterocycles. The highest BCUT2D eigenvalue weighted by atomic mass is 32.1. The Hall–Kier alpha value is -1.47. The number of aliphatic carboxylic acids is 1. The molecule has 0 saturated carbocycles. The van der Waals surface area contributed by atoms with Crippen molar-refractivity contribution < 1.29 is 19.4 Å². The fourth-order valence-electron chi connectivity index (χ4n) is 0.797. The van der Waals surface area contributed by atoms with Crippen molar-refractivity contribution >= 4 is 23.2 Å². The largest absolute Gasteiger partial charge is 0.480 e. The molecule has 1 rings (SSSR count). The van der Waals surface area contributed by atoms with E-state index < -0.39 is 12.6 Å². The molecule has 7 heteroatoms. The summed E-state index contributed by atoms with van der Waals surface area (Å²) in [6.45, 7) is -0.380. The van der Waals surface area contributed by atoms with Gasteiger partial charge in [-0.05, 0) is 0 Å². The first-order chi connectivity index (χ1) is 7.18. The van der Waals surface area contributed by atoms with Crippen LogP contribution in [0.4, 0.5) is 0 Å². The van der Waals surface area contributed by atoms with Crippen LogP contribution in [0.5, 0.6) is 0 Å². The van der Waals surface area contributed by atoms with E-state index in [4.69, 9.17) is 5.11 Å². The molecule has 0 atom stereocenters. The number of thiazole rings is 1. The molecule has 1 heterocycles. The number of rotatable bonds is 6. The molecule has 15 heavy (non-hydrogen) atoms. The first-order valence-electron chi connectivity index (χ1n) is 4.13. The lowest BCUT2D eigenvalue weighted by molar-refractivity contribution is -0.143. The van der Waals surface area contributed by atoms with Crippen molar-refractivity contribution in [1.82, 2.24) is 10.3 Å². The van der Waals surface area contributed by atoms with Crippen LogP contribution in [0.15, 0.2) is 11.6 Å². The number of hydrogen-bond acceptors (Lipinski definition) is 5. The summed E-state index contributed by atoms with van der Waals surface area (Å²) in [7, 11) is 0. The number of carbonyl (C=O) groups excluding carboxylic acids is 1. The topological polar surface area (TPSA) is 88.5 Å². The van der Waals surface area contributed by atoms with Crippen LogP contribution in [0.1, 0.15) is 5.01 Å². The van der Waals surface area contributed by atoms with E-state index in [1.807, 2.05) is 5.38 Å². The molecule has 0 aliphatic rings. The van der Waals surface area contributed by atoms with Crippen LogP contribution in [-0.4, -0.2) is 35.2 Å². The van der Waals surface area contributed by atoms with Crippen molar-refractivity contribution in [2.75, 3.05) is 13.2 Å². The zero-order valence-electron chi connectivity index (χ0n) is 7.80. The zero-order chi connectivity index (χ0) is 11.1. The Kier molecular flexibility index (Phi) is 4.72. The van der Waals surface area contributed by atoms with Crippen LogP contribution in [0.25, 0.3) is 0 Å². The molecular formula is C8H10N2O4S. The maximum absolute atomic E-state index is 11.1. The number of hydrogen-bond donors (Lipinski definition) is 2. The maximum Gasteiger partial charge on any atom is 0.329 e. The maximum atomic E-state index is 11.1. The summed E-state index contributed by atoms with van der Waals surface area (Å²) in [5.74, 6) is -1.45. The summed E-state index contributed by atoms with van der Waals surface area (Å²) in [4.78, 5) is 25.1. The summed E-state index contributed by atoms with van der Waals surface area (Å²) in [6, 6.07) is 0. The molecule has 0 aliphatic heterocycles. The number of carbonyl (C=O) groups is 2. The second-order valence-electron chi connectivity index (χ2n) is 2.59. The second kappa shape index (κ2) is 6.10. The average molecular weight is 230 g/mol. The first-order valence-corrected chi connectivity index (χ1v) is 5.01. The van der Waals surface area contributed by atoms with Crippen LogP contribution in [0, 0.1) is 0 Å². The Labute approximate surface area is 89.9 Å². The Balaban J connectivity index is 2.11. The monoisotopic (exact) mass is 230 g/mol. The van der Waals surface area contributed by atoms with Gasteiger partial charge in [0.1, 0.15) is 18.2 Å². The van der Waals surface area contributed by atoms with E-state index in [0.717, 1.165) is 5.01 Å². The molecule has 6 nitrogen and oxygen atoms in total. The highest BCUT2D eigenvalue weighted by Gasteiger charge is 2.04. The number of nitrogens with one attached hydrogen (secondary N) is 1. The standard InChI is InChI=1S/C8H10N2O4S/c11-6(4-14-5-8(12)13)10-3-7-9-1-2-15-7/h1-2H,3-5H2,(H,10,11)(H,12,13). The van der Waals surface area contributed by atoms with Crippen molar-refractivity contribution in [3.63, 3.8) is 0 Å². The minimum Gasteiger partial charge on any atom is -0.480 e. The average Bonchev–Trinajstić information content (AvgIpc) is 2.66. The third-order valence-corrected chi connectivity index (χ3v) is 2.16. The number of carboxylic acid groups (broad SMARTS) is 1. The number of aromatic nitrogens is 1. The molecule has 0 fully saturated rings. The van der Waals surface area contributed by atoms with Gasteiger partial charge in [-0.2, -0.15) is 0 Å². The van der Waals surface area contributed by atoms with E-state index in [1.165, 1.54) is 11.3 Å². The van der Waals surface area contributed by atoms with Gasteiger partial charge in [-0.3, -0.25) is 4.79 Å². The third kappa shape index (κ3) is 5.08. The molecule has 0 bridgehead atoms. The fraction of sp³-hybridized carbons (Fsp3) is 0.375. The van der Waals surface area contributed by atoms with Crippen LogP contribution in [-0.2, 0) is 20.9 Å². The van der Waals surface area contributed by atoms with Crippen LogP contribution in [0.3, 0.4) is 0 Å². The SMILES string of the molecule is O=C(O)COCC(=O)NCc1nccs1. The Morgan fingerprint density at radius 1 is 1.53 bits per heavy atom. The molecule has 1 aromatic rings. The van der Waals surface area contributed by atoms with E-state index in [9.17, 15) is 9.59 Å². The Morgan fingerprint density at radius 2 is 2.33 bits per heavy atom. The molecular weight excluding hydrogens is 220 g/mol. The normalized spacial score (nSPS) is 9.87. The zero-order valence-corrected chi connectivity index (χ0v) is 8.62. The van der Waals surface area contributed by atoms with Gasteiger partial charge < -0.3 is 15.2 Å². The van der Waals surface area contributed by atoms with E-state index >= 15 is 0 Å². The second-order valence-corrected chi connectivity index (χ2v) is 3.57. The van der Waals surface area contributed by atoms with Crippen LogP contribution in [0.2, 0.25) is 0 Å². The minimum absolute atomic E-state index is 0.252. The molecule has 0 radical (unpaired) electrons. The molecule has 2 N–H and O–H groups in total. The highest BCUT2D eigenvalue weighted by molar-refractivity contribution is 7.09. The van der Waals surface area contributed by atoms with Gasteiger partial charge in [0.05, 0.1) is 6.54 Å². The van der Waals surface area contributed by atoms with Crippen molar-refractivity contribution in [1.29, 1.82) is 0 Å². The van der Waals surface area contributed by atoms with Crippen molar-refractivity contribution in [3.8, 4) is 0 Å². The lowest BCUT2D eigenvalue weighted by atomic mass is 10.6. The highest BCUT2D eigenvalue weighted by Crippen LogP contribution is 2.02. The van der Waals surface area contributed by atoms with Gasteiger partial charge in [0, 0.05) is 11.6 Å². The molecule has 1 amide bonds. The van der Waals surface area contributed by atoms with Crippen molar-refractivity contribution in [2.24, 2.45) is 0 Å². The predicted molar refractivity (Wildman–Crippen MR) is 52.4 cm³/mol. The van der Waals surface area contributed by atoms with Gasteiger partial charge >= 0.3 is 5.97 Å². The molecule has 82 valence electrons. The third-order valence-electron chi connectivity index (χ3n) is 1.38. The van der Waals surface area contributed by atoms with Crippen LogP contribution >= 0.6 is 11.3 Å². The number of carboxylic acids is 1. The summed E-state index contributed by atoms with van der Waals surface area (Å²) in [5.41, 5.74) is 0. The van der Waals surface area contributed by atoms with E-state index in [1.54, 1.807) is 6.20 Å². The summed E-state index contributed by atoms with van der Waals surface area (Å²) < 4.78 is 4.60. The number of nitrogens with zero attached hydrogens (tertiary/aromatic N) is 1. The van der Waals surface area contributed by atoms with E-state index in [0.29, 0.717) is 6.54 Å². The summed E-state index contributed by atoms with van der Waals surface area (Å²) >= 11 is 1.43. The molecule has 1 aromatic heterocycles. The lowest BCUT2D eigenvalue weighted by Gasteiger charge is -2.02. The fourth-order valence-corrected chi connectivity index (χ4v) is 1.35. The van der Waals surface area contributed by atoms with Gasteiger partial charge in [-0.1, -0.05) is 0 Å². The molecule has 0 spiro atoms. The minimum atomic E-state index is -1.09. The van der Waals surface area contributed by atoms with Crippen LogP contribution < -0.4 is 5.32 Å². The quantitative estimate of drug-likeness (QED) is 0.710. The van der Waals surface area contributed by atoms with Gasteiger partial charge in [-0.25, -0.2) is 9.78 Å². The summed E-state index contributed by atoms with van der Waals surface area (Å²) in [5, 5.41) is 13.4. The van der Waals surface area contributed by atoms with Gasteiger partial charge in [-0.15, -0.1) is 11.3 Å². The van der Waals surface area contributed by atoms with E-state index in [-0.39, 0.29) is 12.5 Å². The van der Waals surface area contributed by atoms with Gasteiger partial charge in [0.25, 0.3) is 0 Å².